The molecule has 3 atom stereocenters. The van der Waals surface area contributed by atoms with Crippen molar-refractivity contribution < 1.29 is 61.2 Å². The van der Waals surface area contributed by atoms with Crippen LogP contribution in [0.25, 0.3) is 16.5 Å². The van der Waals surface area contributed by atoms with Gasteiger partial charge in [0.05, 0.1) is 51.4 Å². The van der Waals surface area contributed by atoms with Gasteiger partial charge in [0.1, 0.15) is 17.8 Å². The van der Waals surface area contributed by atoms with Crippen LogP contribution in [0.4, 0.5) is 18.0 Å². The number of nitriles is 1. The van der Waals surface area contributed by atoms with Crippen LogP contribution in [0.1, 0.15) is 107 Å². The first-order valence-electron chi connectivity index (χ1n) is 25.2. The number of aliphatic hydroxyl groups is 1. The number of carbonyl (C=O) groups excluding carboxylic acids is 5. The Morgan fingerprint density at radius 1 is 0.908 bits per heavy atom. The van der Waals surface area contributed by atoms with Gasteiger partial charge in [-0.1, -0.05) is 57.5 Å². The molecule has 408 valence electrons. The number of thiazole rings is 1. The van der Waals surface area contributed by atoms with Crippen molar-refractivity contribution in [1.29, 1.82) is 5.26 Å². The number of nitrogens with zero attached hydrogens (tertiary/aromatic N) is 4. The van der Waals surface area contributed by atoms with Crippen molar-refractivity contribution in [3.8, 4) is 33.8 Å². The standard InChI is InChI=1S/C55H65F3N6O10S2/c1-35-48(75-34-61-35)39-18-14-36(15-19-39)32-60-50(67)42-30-40(65)33-64(42)52(69)49(54(2,3)4)62-47(66)13-7-6-9-23-72-25-11-12-26-73-24-10-8-22-63-51(68)46(76-53(63)70)29-37-16-21-44(45(28-37)71-5)74-43-20-17-38(31-59)27-41(43)55(56,57)58/h14-21,27-29,34,40,42,49,65H,6-13,22-26,30,32-33H2,1-5H3,(H,60,67)(H,62,66)/b46-29-/t40-,42?,49?/m1/s1. The predicted molar refractivity (Wildman–Crippen MR) is 282 cm³/mol. The lowest BCUT2D eigenvalue weighted by molar-refractivity contribution is -0.144. The Balaban J connectivity index is 0.808. The normalized spacial score (nSPS) is 16.8. The molecule has 0 aliphatic carbocycles. The second-order valence-corrected chi connectivity index (χ2v) is 21.4. The lowest BCUT2D eigenvalue weighted by Crippen LogP contribution is -2.57. The van der Waals surface area contributed by atoms with Gasteiger partial charge in [-0.3, -0.25) is 28.9 Å². The number of likely N-dealkylation sites (tertiary alicyclic amines) is 1. The maximum Gasteiger partial charge on any atom is 0.420 e. The van der Waals surface area contributed by atoms with Crippen LogP contribution in [0.15, 0.2) is 71.1 Å². The van der Waals surface area contributed by atoms with E-state index in [9.17, 15) is 42.3 Å². The average Bonchev–Trinajstić information content (AvgIpc) is 4.08. The van der Waals surface area contributed by atoms with Crippen molar-refractivity contribution in [2.24, 2.45) is 5.41 Å². The summed E-state index contributed by atoms with van der Waals surface area (Å²) in [6.07, 6.45) is 1.07. The van der Waals surface area contributed by atoms with Gasteiger partial charge in [0.2, 0.25) is 17.7 Å². The van der Waals surface area contributed by atoms with E-state index in [-0.39, 0.29) is 66.3 Å². The summed E-state index contributed by atoms with van der Waals surface area (Å²) in [6, 6.07) is 15.1. The molecule has 0 saturated carbocycles. The van der Waals surface area contributed by atoms with Gasteiger partial charge in [-0.05, 0) is 116 Å². The zero-order chi connectivity index (χ0) is 55.0. The van der Waals surface area contributed by atoms with Crippen molar-refractivity contribution in [2.75, 3.05) is 46.6 Å². The number of aromatic nitrogens is 1. The van der Waals surface area contributed by atoms with Crippen molar-refractivity contribution >= 4 is 58.0 Å². The van der Waals surface area contributed by atoms with E-state index in [2.05, 4.69) is 15.6 Å². The third kappa shape index (κ3) is 16.6. The van der Waals surface area contributed by atoms with E-state index in [1.165, 1.54) is 47.3 Å². The first-order valence-corrected chi connectivity index (χ1v) is 26.9. The van der Waals surface area contributed by atoms with E-state index in [1.54, 1.807) is 22.9 Å². The highest BCUT2D eigenvalue weighted by Gasteiger charge is 2.44. The van der Waals surface area contributed by atoms with Gasteiger partial charge in [0, 0.05) is 58.9 Å². The molecule has 6 rings (SSSR count). The minimum Gasteiger partial charge on any atom is -0.493 e. The van der Waals surface area contributed by atoms with Gasteiger partial charge in [-0.25, -0.2) is 4.98 Å². The molecule has 5 amide bonds. The van der Waals surface area contributed by atoms with Crippen LogP contribution in [0, 0.1) is 23.7 Å². The molecule has 0 bridgehead atoms. The number of aliphatic hydroxyl groups excluding tert-OH is 1. The first-order chi connectivity index (χ1) is 36.3. The molecule has 3 heterocycles. The molecule has 4 aromatic rings. The summed E-state index contributed by atoms with van der Waals surface area (Å²) in [5.74, 6) is -1.93. The average molecular weight is 1090 g/mol. The zero-order valence-electron chi connectivity index (χ0n) is 43.3. The highest BCUT2D eigenvalue weighted by atomic mass is 32.2. The number of rotatable bonds is 26. The number of alkyl halides is 3. The molecule has 2 aliphatic rings. The van der Waals surface area contributed by atoms with Crippen LogP contribution in [0.3, 0.4) is 0 Å². The Morgan fingerprint density at radius 2 is 1.58 bits per heavy atom. The molecule has 2 fully saturated rings. The Bertz CT molecular complexity index is 2740. The molecule has 0 radical (unpaired) electrons. The van der Waals surface area contributed by atoms with E-state index < -0.39 is 58.1 Å². The second kappa shape index (κ2) is 27.6. The maximum absolute atomic E-state index is 14.0. The van der Waals surface area contributed by atoms with Crippen molar-refractivity contribution in [3.63, 3.8) is 0 Å². The molecular weight excluding hydrogens is 1030 g/mol. The van der Waals surface area contributed by atoms with Crippen LogP contribution in [0.5, 0.6) is 17.2 Å². The lowest BCUT2D eigenvalue weighted by atomic mass is 9.85. The number of ether oxygens (including phenoxy) is 4. The van der Waals surface area contributed by atoms with Gasteiger partial charge in [0.25, 0.3) is 11.1 Å². The van der Waals surface area contributed by atoms with Gasteiger partial charge < -0.3 is 39.6 Å². The van der Waals surface area contributed by atoms with Crippen molar-refractivity contribution in [3.05, 3.63) is 99.0 Å². The number of aryl methyl sites for hydroxylation is 1. The summed E-state index contributed by atoms with van der Waals surface area (Å²) >= 11 is 2.35. The summed E-state index contributed by atoms with van der Waals surface area (Å²) in [7, 11) is 1.31. The number of carbonyl (C=O) groups is 5. The van der Waals surface area contributed by atoms with Gasteiger partial charge in [-0.2, -0.15) is 18.4 Å². The minimum atomic E-state index is -4.78. The van der Waals surface area contributed by atoms with E-state index in [0.717, 1.165) is 65.2 Å². The molecule has 1 aromatic heterocycles. The summed E-state index contributed by atoms with van der Waals surface area (Å²) in [4.78, 5) is 74.5. The van der Waals surface area contributed by atoms with Crippen LogP contribution in [0.2, 0.25) is 0 Å². The third-order valence-electron chi connectivity index (χ3n) is 12.6. The van der Waals surface area contributed by atoms with E-state index in [0.29, 0.717) is 57.3 Å². The number of halogens is 3. The molecule has 3 N–H and O–H groups in total. The fourth-order valence-corrected chi connectivity index (χ4v) is 10.2. The van der Waals surface area contributed by atoms with Gasteiger partial charge in [-0.15, -0.1) is 11.3 Å². The summed E-state index contributed by atoms with van der Waals surface area (Å²) in [5, 5.41) is 25.1. The summed E-state index contributed by atoms with van der Waals surface area (Å²) in [6.45, 7) is 10.1. The Kier molecular flexibility index (Phi) is 21.4. The number of imide groups is 1. The lowest BCUT2D eigenvalue weighted by Gasteiger charge is -2.35. The largest absolute Gasteiger partial charge is 0.493 e. The Morgan fingerprint density at radius 3 is 2.21 bits per heavy atom. The monoisotopic (exact) mass is 1090 g/mol. The van der Waals surface area contributed by atoms with Gasteiger partial charge >= 0.3 is 6.18 Å². The molecule has 21 heteroatoms. The fraction of sp³-hybridized carbons (Fsp3) is 0.473. The van der Waals surface area contributed by atoms with E-state index in [4.69, 9.17) is 24.2 Å². The number of unbranched alkanes of at least 4 members (excludes halogenated alkanes) is 4. The van der Waals surface area contributed by atoms with Crippen molar-refractivity contribution in [2.45, 2.75) is 116 Å². The topological polar surface area (TPSA) is 210 Å². The zero-order valence-corrected chi connectivity index (χ0v) is 45.0. The Labute approximate surface area is 449 Å². The van der Waals surface area contributed by atoms with E-state index in [1.807, 2.05) is 52.0 Å². The number of thioether (sulfide) groups is 1. The number of methoxy groups -OCH3 is 1. The molecular formula is C55H65F3N6O10S2. The van der Waals surface area contributed by atoms with E-state index >= 15 is 0 Å². The molecule has 16 nitrogen and oxygen atoms in total. The molecule has 76 heavy (non-hydrogen) atoms. The molecule has 3 aromatic carbocycles. The number of benzene rings is 3. The Hall–Kier alpha value is -6.31. The number of nitrogens with one attached hydrogen (secondary N) is 2. The maximum atomic E-state index is 14.0. The van der Waals surface area contributed by atoms with Crippen molar-refractivity contribution in [1.82, 2.24) is 25.4 Å². The number of amides is 5. The molecule has 2 unspecified atom stereocenters. The minimum absolute atomic E-state index is 0.00218. The fourth-order valence-electron chi connectivity index (χ4n) is 8.50. The van der Waals surface area contributed by atoms with Crippen LogP contribution in [-0.4, -0.2) is 114 Å². The highest BCUT2D eigenvalue weighted by molar-refractivity contribution is 8.18. The SMILES string of the molecule is COc1cc(/C=C2\SC(=O)N(CCCCOCCCCOCCCCCC(=O)NC(C(=O)N3C[C@H](O)CC3C(=O)NCc3ccc(-c4scnc4C)cc3)C(C)(C)C)C2=O)ccc1Oc1ccc(C#N)cc1C(F)(F)F. The molecule has 2 aliphatic heterocycles. The summed E-state index contributed by atoms with van der Waals surface area (Å²) in [5.41, 5.74) is 3.20. The quantitative estimate of drug-likeness (QED) is 0.0396. The third-order valence-corrected chi connectivity index (χ3v) is 14.5. The molecule has 0 spiro atoms. The predicted octanol–water partition coefficient (Wildman–Crippen LogP) is 9.81. The first kappa shape index (κ1) is 58.9. The van der Waals surface area contributed by atoms with Gasteiger partial charge in [0.15, 0.2) is 11.5 Å². The number of hydrogen-bond donors (Lipinski definition) is 3. The van der Waals surface area contributed by atoms with Crippen LogP contribution >= 0.6 is 23.1 Å². The summed E-state index contributed by atoms with van der Waals surface area (Å²) < 4.78 is 63.5. The highest BCUT2D eigenvalue weighted by Crippen LogP contribution is 2.42. The van der Waals surface area contributed by atoms with Crippen LogP contribution < -0.4 is 20.1 Å². The smallest absolute Gasteiger partial charge is 0.420 e. The molecule has 2 saturated heterocycles. The second-order valence-electron chi connectivity index (χ2n) is 19.6. The number of hydrogen-bond acceptors (Lipinski definition) is 14. The number of β-amino-alcohol motifs (C(OH)–C–C–N with tert-alkyl or cyclic N) is 1. The van der Waals surface area contributed by atoms with Crippen LogP contribution in [-0.2, 0) is 41.4 Å².